The Kier molecular flexibility index (Phi) is 3.44. The summed E-state index contributed by atoms with van der Waals surface area (Å²) in [5, 5.41) is 3.34. The van der Waals surface area contributed by atoms with Gasteiger partial charge >= 0.3 is 0 Å². The lowest BCUT2D eigenvalue weighted by Crippen LogP contribution is -2.27. The number of hydrogen-bond acceptors (Lipinski definition) is 2. The molecule has 2 rings (SSSR count). The van der Waals surface area contributed by atoms with E-state index in [4.69, 9.17) is 4.74 Å². The predicted molar refractivity (Wildman–Crippen MR) is 62.5 cm³/mol. The van der Waals surface area contributed by atoms with E-state index in [0.717, 1.165) is 31.5 Å². The number of ether oxygens (including phenoxy) is 1. The van der Waals surface area contributed by atoms with Crippen molar-refractivity contribution in [2.24, 2.45) is 0 Å². The summed E-state index contributed by atoms with van der Waals surface area (Å²) in [5.74, 6) is 0.632. The topological polar surface area (TPSA) is 21.3 Å². The van der Waals surface area contributed by atoms with Gasteiger partial charge in [0.25, 0.3) is 0 Å². The van der Waals surface area contributed by atoms with Crippen LogP contribution in [0.25, 0.3) is 0 Å². The van der Waals surface area contributed by atoms with Crippen LogP contribution in [-0.4, -0.2) is 20.2 Å². The van der Waals surface area contributed by atoms with Gasteiger partial charge in [-0.2, -0.15) is 0 Å². The molecule has 1 aromatic rings. The second-order valence-corrected chi connectivity index (χ2v) is 4.37. The SMILES string of the molecule is COc1cc(C2CCNCC2)c(C)cc1F. The molecule has 0 aliphatic carbocycles. The zero-order valence-corrected chi connectivity index (χ0v) is 9.85. The van der Waals surface area contributed by atoms with Crippen LogP contribution < -0.4 is 10.1 Å². The Morgan fingerprint density at radius 3 is 2.62 bits per heavy atom. The summed E-state index contributed by atoms with van der Waals surface area (Å²) >= 11 is 0. The first kappa shape index (κ1) is 11.4. The molecule has 0 atom stereocenters. The standard InChI is InChI=1S/C13H18FNO/c1-9-7-12(14)13(16-2)8-11(9)10-3-5-15-6-4-10/h7-8,10,15H,3-6H2,1-2H3. The van der Waals surface area contributed by atoms with Gasteiger partial charge in [0.05, 0.1) is 7.11 Å². The van der Waals surface area contributed by atoms with Crippen LogP contribution in [0.4, 0.5) is 4.39 Å². The van der Waals surface area contributed by atoms with E-state index in [1.54, 1.807) is 6.07 Å². The van der Waals surface area contributed by atoms with Crippen LogP contribution in [0.2, 0.25) is 0 Å². The largest absolute Gasteiger partial charge is 0.494 e. The molecule has 1 aromatic carbocycles. The Hall–Kier alpha value is -1.09. The highest BCUT2D eigenvalue weighted by atomic mass is 19.1. The maximum Gasteiger partial charge on any atom is 0.165 e. The Morgan fingerprint density at radius 2 is 2.00 bits per heavy atom. The van der Waals surface area contributed by atoms with E-state index in [0.29, 0.717) is 11.7 Å². The van der Waals surface area contributed by atoms with Crippen molar-refractivity contribution in [1.29, 1.82) is 0 Å². The molecule has 0 spiro atoms. The van der Waals surface area contributed by atoms with Gasteiger partial charge in [0.1, 0.15) is 0 Å². The summed E-state index contributed by atoms with van der Waals surface area (Å²) < 4.78 is 18.5. The van der Waals surface area contributed by atoms with Crippen molar-refractivity contribution < 1.29 is 9.13 Å². The lowest BCUT2D eigenvalue weighted by molar-refractivity contribution is 0.383. The number of hydrogen-bond donors (Lipinski definition) is 1. The molecular formula is C13H18FNO. The number of benzene rings is 1. The number of nitrogens with one attached hydrogen (secondary N) is 1. The van der Waals surface area contributed by atoms with Crippen LogP contribution in [0.3, 0.4) is 0 Å². The monoisotopic (exact) mass is 223 g/mol. The van der Waals surface area contributed by atoms with Crippen LogP contribution in [0, 0.1) is 12.7 Å². The Balaban J connectivity index is 2.31. The van der Waals surface area contributed by atoms with Gasteiger partial charge in [-0.1, -0.05) is 0 Å². The summed E-state index contributed by atoms with van der Waals surface area (Å²) in [5.41, 5.74) is 2.27. The normalized spacial score (nSPS) is 17.4. The molecule has 88 valence electrons. The molecule has 1 heterocycles. The first-order valence-corrected chi connectivity index (χ1v) is 5.77. The molecule has 1 aliphatic heterocycles. The third-order valence-electron chi connectivity index (χ3n) is 3.32. The smallest absolute Gasteiger partial charge is 0.165 e. The third-order valence-corrected chi connectivity index (χ3v) is 3.32. The molecule has 3 heteroatoms. The summed E-state index contributed by atoms with van der Waals surface area (Å²) in [6, 6.07) is 3.44. The van der Waals surface area contributed by atoms with E-state index >= 15 is 0 Å². The molecule has 1 N–H and O–H groups in total. The van der Waals surface area contributed by atoms with Gasteiger partial charge in [0, 0.05) is 0 Å². The molecule has 0 radical (unpaired) electrons. The molecule has 1 fully saturated rings. The number of piperidine rings is 1. The molecule has 0 unspecified atom stereocenters. The quantitative estimate of drug-likeness (QED) is 0.832. The summed E-state index contributed by atoms with van der Waals surface area (Å²) in [6.45, 7) is 4.06. The lowest BCUT2D eigenvalue weighted by Gasteiger charge is -2.25. The highest BCUT2D eigenvalue weighted by Gasteiger charge is 2.19. The first-order valence-electron chi connectivity index (χ1n) is 5.77. The Bertz CT molecular complexity index is 372. The number of methoxy groups -OCH3 is 1. The third kappa shape index (κ3) is 2.19. The van der Waals surface area contributed by atoms with Crippen LogP contribution in [0.5, 0.6) is 5.75 Å². The van der Waals surface area contributed by atoms with Crippen molar-refractivity contribution in [3.63, 3.8) is 0 Å². The Labute approximate surface area is 95.8 Å². The van der Waals surface area contributed by atoms with Crippen LogP contribution in [0.15, 0.2) is 12.1 Å². The van der Waals surface area contributed by atoms with Crippen LogP contribution in [0.1, 0.15) is 29.9 Å². The average Bonchev–Trinajstić information content (AvgIpc) is 2.30. The van der Waals surface area contributed by atoms with E-state index in [9.17, 15) is 4.39 Å². The number of rotatable bonds is 2. The van der Waals surface area contributed by atoms with E-state index in [2.05, 4.69) is 5.32 Å². The molecular weight excluding hydrogens is 205 g/mol. The molecule has 0 amide bonds. The highest BCUT2D eigenvalue weighted by molar-refractivity contribution is 5.38. The van der Waals surface area contributed by atoms with E-state index in [1.165, 1.54) is 12.7 Å². The first-order chi connectivity index (χ1) is 7.72. The molecule has 1 saturated heterocycles. The fourth-order valence-corrected chi connectivity index (χ4v) is 2.40. The van der Waals surface area contributed by atoms with Gasteiger partial charge < -0.3 is 10.1 Å². The summed E-state index contributed by atoms with van der Waals surface area (Å²) in [4.78, 5) is 0. The van der Waals surface area contributed by atoms with E-state index < -0.39 is 0 Å². The lowest BCUT2D eigenvalue weighted by atomic mass is 9.87. The van der Waals surface area contributed by atoms with E-state index in [1.807, 2.05) is 13.0 Å². The number of aryl methyl sites for hydroxylation is 1. The molecule has 16 heavy (non-hydrogen) atoms. The molecule has 0 aromatic heterocycles. The molecule has 2 nitrogen and oxygen atoms in total. The maximum absolute atomic E-state index is 13.5. The zero-order valence-electron chi connectivity index (χ0n) is 9.85. The average molecular weight is 223 g/mol. The fraction of sp³-hybridized carbons (Fsp3) is 0.538. The minimum Gasteiger partial charge on any atom is -0.494 e. The van der Waals surface area contributed by atoms with E-state index in [-0.39, 0.29) is 5.82 Å². The Morgan fingerprint density at radius 1 is 1.31 bits per heavy atom. The van der Waals surface area contributed by atoms with Gasteiger partial charge in [0.15, 0.2) is 11.6 Å². The molecule has 0 saturated carbocycles. The predicted octanol–water partition coefficient (Wildman–Crippen LogP) is 2.61. The van der Waals surface area contributed by atoms with Crippen molar-refractivity contribution >= 4 is 0 Å². The second-order valence-electron chi connectivity index (χ2n) is 4.37. The minimum absolute atomic E-state index is 0.266. The van der Waals surface area contributed by atoms with Crippen molar-refractivity contribution in [2.45, 2.75) is 25.7 Å². The van der Waals surface area contributed by atoms with Crippen molar-refractivity contribution in [3.05, 3.63) is 29.1 Å². The fourth-order valence-electron chi connectivity index (χ4n) is 2.40. The zero-order chi connectivity index (χ0) is 11.5. The number of halogens is 1. The van der Waals surface area contributed by atoms with Gasteiger partial charge in [0.2, 0.25) is 0 Å². The van der Waals surface area contributed by atoms with Gasteiger partial charge in [-0.15, -0.1) is 0 Å². The maximum atomic E-state index is 13.5. The van der Waals surface area contributed by atoms with Gasteiger partial charge in [-0.25, -0.2) is 4.39 Å². The van der Waals surface area contributed by atoms with Crippen molar-refractivity contribution in [3.8, 4) is 5.75 Å². The molecule has 1 aliphatic rings. The van der Waals surface area contributed by atoms with Gasteiger partial charge in [-0.3, -0.25) is 0 Å². The second kappa shape index (κ2) is 4.83. The minimum atomic E-state index is -0.266. The van der Waals surface area contributed by atoms with Crippen molar-refractivity contribution in [1.82, 2.24) is 5.32 Å². The van der Waals surface area contributed by atoms with Gasteiger partial charge in [-0.05, 0) is 62.0 Å². The highest BCUT2D eigenvalue weighted by Crippen LogP contribution is 2.32. The summed E-state index contributed by atoms with van der Waals surface area (Å²) in [7, 11) is 1.51. The van der Waals surface area contributed by atoms with Crippen LogP contribution in [-0.2, 0) is 0 Å². The van der Waals surface area contributed by atoms with Crippen LogP contribution >= 0.6 is 0 Å². The molecule has 0 bridgehead atoms. The summed E-state index contributed by atoms with van der Waals surface area (Å²) in [6.07, 6.45) is 2.24. The van der Waals surface area contributed by atoms with Crippen molar-refractivity contribution in [2.75, 3.05) is 20.2 Å².